The fraction of sp³-hybridized carbons (Fsp3) is 0.273. The van der Waals surface area contributed by atoms with Gasteiger partial charge in [0.15, 0.2) is 9.84 Å². The number of H-pyrrole nitrogens is 1. The molecule has 1 aliphatic rings. The Hall–Kier alpha value is -3.17. The molecule has 0 atom stereocenters. The molecular weight excluding hydrogens is 416 g/mol. The van der Waals surface area contributed by atoms with Crippen LogP contribution in [0.5, 0.6) is 11.6 Å². The predicted octanol–water partition coefficient (Wildman–Crippen LogP) is 2.99. The van der Waals surface area contributed by atoms with Crippen molar-refractivity contribution in [2.45, 2.75) is 13.5 Å². The number of nitrogens with zero attached hydrogens (tertiary/aromatic N) is 2. The molecule has 31 heavy (non-hydrogen) atoms. The Labute approximate surface area is 181 Å². The van der Waals surface area contributed by atoms with Crippen molar-refractivity contribution < 1.29 is 17.9 Å². The summed E-state index contributed by atoms with van der Waals surface area (Å²) in [6.07, 6.45) is 0. The van der Waals surface area contributed by atoms with Crippen LogP contribution in [0.3, 0.4) is 0 Å². The SMILES string of the molecule is Cc1cc(Oc2ccc(NC(=O)c3cccc(CN4CCS(=O)(=O)CC4)c3)cc2)n[nH]1. The number of carbonyl (C=O) groups is 1. The maximum atomic E-state index is 12.7. The first kappa shape index (κ1) is 21.1. The molecule has 8 nitrogen and oxygen atoms in total. The number of benzene rings is 2. The van der Waals surface area contributed by atoms with Gasteiger partial charge in [0.05, 0.1) is 11.5 Å². The molecule has 2 heterocycles. The quantitative estimate of drug-likeness (QED) is 0.611. The van der Waals surface area contributed by atoms with Crippen molar-refractivity contribution >= 4 is 21.4 Å². The molecule has 1 amide bonds. The fourth-order valence-electron chi connectivity index (χ4n) is 3.35. The van der Waals surface area contributed by atoms with Crippen LogP contribution in [0.1, 0.15) is 21.6 Å². The number of aromatic amines is 1. The van der Waals surface area contributed by atoms with Crippen LogP contribution >= 0.6 is 0 Å². The Morgan fingerprint density at radius 1 is 1.13 bits per heavy atom. The van der Waals surface area contributed by atoms with E-state index in [1.807, 2.05) is 25.1 Å². The molecule has 162 valence electrons. The monoisotopic (exact) mass is 440 g/mol. The van der Waals surface area contributed by atoms with E-state index in [0.717, 1.165) is 11.3 Å². The molecule has 1 saturated heterocycles. The Balaban J connectivity index is 1.35. The van der Waals surface area contributed by atoms with Gasteiger partial charge in [0, 0.05) is 42.6 Å². The van der Waals surface area contributed by atoms with Gasteiger partial charge >= 0.3 is 0 Å². The summed E-state index contributed by atoms with van der Waals surface area (Å²) in [5.41, 5.74) is 3.09. The van der Waals surface area contributed by atoms with Crippen molar-refractivity contribution in [1.82, 2.24) is 15.1 Å². The highest BCUT2D eigenvalue weighted by atomic mass is 32.2. The number of hydrogen-bond acceptors (Lipinski definition) is 6. The third-order valence-electron chi connectivity index (χ3n) is 5.05. The van der Waals surface area contributed by atoms with Gasteiger partial charge in [-0.1, -0.05) is 12.1 Å². The van der Waals surface area contributed by atoms with Crippen LogP contribution in [-0.2, 0) is 16.4 Å². The predicted molar refractivity (Wildman–Crippen MR) is 118 cm³/mol. The Kier molecular flexibility index (Phi) is 6.06. The van der Waals surface area contributed by atoms with Crippen molar-refractivity contribution in [2.75, 3.05) is 29.9 Å². The lowest BCUT2D eigenvalue weighted by atomic mass is 10.1. The van der Waals surface area contributed by atoms with E-state index >= 15 is 0 Å². The topological polar surface area (TPSA) is 104 Å². The number of ether oxygens (including phenoxy) is 1. The highest BCUT2D eigenvalue weighted by molar-refractivity contribution is 7.91. The van der Waals surface area contributed by atoms with Crippen LogP contribution in [0, 0.1) is 6.92 Å². The van der Waals surface area contributed by atoms with Crippen molar-refractivity contribution in [3.05, 3.63) is 71.4 Å². The first-order valence-electron chi connectivity index (χ1n) is 9.99. The molecule has 0 spiro atoms. The first-order valence-corrected chi connectivity index (χ1v) is 11.8. The van der Waals surface area contributed by atoms with Crippen LogP contribution in [0.15, 0.2) is 54.6 Å². The third-order valence-corrected chi connectivity index (χ3v) is 6.66. The summed E-state index contributed by atoms with van der Waals surface area (Å²) in [4.78, 5) is 14.8. The van der Waals surface area contributed by atoms with Crippen LogP contribution < -0.4 is 10.1 Å². The molecule has 0 saturated carbocycles. The average molecular weight is 441 g/mol. The lowest BCUT2D eigenvalue weighted by Crippen LogP contribution is -2.39. The largest absolute Gasteiger partial charge is 0.438 e. The van der Waals surface area contributed by atoms with Crippen LogP contribution in [0.25, 0.3) is 0 Å². The van der Waals surface area contributed by atoms with E-state index in [4.69, 9.17) is 4.74 Å². The number of aromatic nitrogens is 2. The van der Waals surface area contributed by atoms with Gasteiger partial charge in [-0.3, -0.25) is 14.8 Å². The number of aryl methyl sites for hydroxylation is 1. The van der Waals surface area contributed by atoms with Gasteiger partial charge in [-0.15, -0.1) is 5.10 Å². The van der Waals surface area contributed by atoms with Gasteiger partial charge in [0.25, 0.3) is 5.91 Å². The molecule has 2 aromatic carbocycles. The molecule has 0 aliphatic carbocycles. The number of carbonyl (C=O) groups excluding carboxylic acids is 1. The summed E-state index contributed by atoms with van der Waals surface area (Å²) in [5, 5.41) is 9.73. The van der Waals surface area contributed by atoms with Gasteiger partial charge in [-0.2, -0.15) is 0 Å². The number of nitrogens with one attached hydrogen (secondary N) is 2. The van der Waals surface area contributed by atoms with E-state index in [0.29, 0.717) is 42.5 Å². The van der Waals surface area contributed by atoms with Crippen molar-refractivity contribution in [3.63, 3.8) is 0 Å². The number of rotatable bonds is 6. The fourth-order valence-corrected chi connectivity index (χ4v) is 4.63. The Bertz CT molecular complexity index is 1160. The molecule has 3 aromatic rings. The molecule has 0 unspecified atom stereocenters. The van der Waals surface area contributed by atoms with E-state index in [-0.39, 0.29) is 17.4 Å². The Morgan fingerprint density at radius 3 is 2.55 bits per heavy atom. The van der Waals surface area contributed by atoms with Gasteiger partial charge in [0.2, 0.25) is 5.88 Å². The molecule has 1 fully saturated rings. The number of sulfone groups is 1. The molecule has 0 radical (unpaired) electrons. The highest BCUT2D eigenvalue weighted by Crippen LogP contribution is 2.22. The van der Waals surface area contributed by atoms with Crippen molar-refractivity contribution in [1.29, 1.82) is 0 Å². The zero-order valence-corrected chi connectivity index (χ0v) is 18.0. The molecular formula is C22H24N4O4S. The van der Waals surface area contributed by atoms with E-state index in [1.165, 1.54) is 0 Å². The smallest absolute Gasteiger partial charge is 0.255 e. The number of anilines is 1. The van der Waals surface area contributed by atoms with E-state index < -0.39 is 9.84 Å². The minimum Gasteiger partial charge on any atom is -0.438 e. The summed E-state index contributed by atoms with van der Waals surface area (Å²) in [6, 6.07) is 16.3. The standard InChI is InChI=1S/C22H24N4O4S/c1-16-13-21(25-24-16)30-20-7-5-19(6-8-20)23-22(27)18-4-2-3-17(14-18)15-26-9-11-31(28,29)12-10-26/h2-8,13-14H,9-12,15H2,1H3,(H,23,27)(H,24,25). The summed E-state index contributed by atoms with van der Waals surface area (Å²) in [7, 11) is -2.90. The maximum Gasteiger partial charge on any atom is 0.255 e. The second kappa shape index (κ2) is 8.91. The first-order chi connectivity index (χ1) is 14.9. The minimum absolute atomic E-state index is 0.187. The maximum absolute atomic E-state index is 12.7. The van der Waals surface area contributed by atoms with Gasteiger partial charge in [-0.05, 0) is 48.9 Å². The summed E-state index contributed by atoms with van der Waals surface area (Å²) in [6.45, 7) is 3.55. The Morgan fingerprint density at radius 2 is 1.87 bits per heavy atom. The second-order valence-electron chi connectivity index (χ2n) is 7.60. The zero-order valence-electron chi connectivity index (χ0n) is 17.2. The van der Waals surface area contributed by atoms with Gasteiger partial charge in [-0.25, -0.2) is 8.42 Å². The number of hydrogen-bond donors (Lipinski definition) is 2. The molecule has 1 aromatic heterocycles. The molecule has 0 bridgehead atoms. The van der Waals surface area contributed by atoms with Crippen LogP contribution in [0.4, 0.5) is 5.69 Å². The summed E-state index contributed by atoms with van der Waals surface area (Å²) >= 11 is 0. The molecule has 9 heteroatoms. The van der Waals surface area contributed by atoms with E-state index in [2.05, 4.69) is 20.4 Å². The lowest BCUT2D eigenvalue weighted by molar-refractivity contribution is 0.102. The molecule has 2 N–H and O–H groups in total. The van der Waals surface area contributed by atoms with Crippen LogP contribution in [-0.4, -0.2) is 54.0 Å². The van der Waals surface area contributed by atoms with Crippen molar-refractivity contribution in [2.24, 2.45) is 0 Å². The zero-order chi connectivity index (χ0) is 21.8. The van der Waals surface area contributed by atoms with Crippen molar-refractivity contribution in [3.8, 4) is 11.6 Å². The van der Waals surface area contributed by atoms with E-state index in [9.17, 15) is 13.2 Å². The number of amides is 1. The normalized spacial score (nSPS) is 16.0. The average Bonchev–Trinajstić information content (AvgIpc) is 3.16. The molecule has 4 rings (SSSR count). The lowest BCUT2D eigenvalue weighted by Gasteiger charge is -2.26. The van der Waals surface area contributed by atoms with Gasteiger partial charge < -0.3 is 10.1 Å². The summed E-state index contributed by atoms with van der Waals surface area (Å²) in [5.74, 6) is 1.27. The molecule has 1 aliphatic heterocycles. The third kappa shape index (κ3) is 5.71. The minimum atomic E-state index is -2.90. The highest BCUT2D eigenvalue weighted by Gasteiger charge is 2.21. The summed E-state index contributed by atoms with van der Waals surface area (Å²) < 4.78 is 28.8. The van der Waals surface area contributed by atoms with Crippen LogP contribution in [0.2, 0.25) is 0 Å². The van der Waals surface area contributed by atoms with E-state index in [1.54, 1.807) is 36.4 Å². The van der Waals surface area contributed by atoms with Gasteiger partial charge in [0.1, 0.15) is 5.75 Å². The second-order valence-corrected chi connectivity index (χ2v) is 9.90.